The zero-order valence-electron chi connectivity index (χ0n) is 6.68. The van der Waals surface area contributed by atoms with Crippen LogP contribution in [0.25, 0.3) is 0 Å². The largest absolute Gasteiger partial charge is 0.387 e. The normalized spacial score (nSPS) is 9.08. The molecule has 0 aromatic heterocycles. The van der Waals surface area contributed by atoms with E-state index in [1.165, 1.54) is 6.07 Å². The lowest BCUT2D eigenvalue weighted by molar-refractivity contribution is 0.575. The summed E-state index contributed by atoms with van der Waals surface area (Å²) in [7, 11) is 0. The second-order valence-electron chi connectivity index (χ2n) is 2.44. The molecule has 0 atom stereocenters. The Balaban J connectivity index is 0.00000144. The van der Waals surface area contributed by atoms with Crippen molar-refractivity contribution in [3.8, 4) is 0 Å². The van der Waals surface area contributed by atoms with Crippen molar-refractivity contribution in [2.75, 3.05) is 0 Å². The highest BCUT2D eigenvalue weighted by Crippen LogP contribution is 2.09. The number of hydrogen-bond acceptors (Lipinski definition) is 1. The number of nitrogens with one attached hydrogen (secondary N) is 1. The summed E-state index contributed by atoms with van der Waals surface area (Å²) in [5.41, 5.74) is 5.29. The van der Waals surface area contributed by atoms with E-state index in [1.54, 1.807) is 0 Å². The fraction of sp³-hybridized carbons (Fsp3) is 0.125. The molecule has 0 bridgehead atoms. The molecule has 0 aliphatic heterocycles. The Kier molecular flexibility index (Phi) is 4.34. The summed E-state index contributed by atoms with van der Waals surface area (Å²) in [6.45, 7) is 0. The van der Waals surface area contributed by atoms with Crippen molar-refractivity contribution in [3.63, 3.8) is 0 Å². The van der Waals surface area contributed by atoms with Gasteiger partial charge in [-0.05, 0) is 11.6 Å². The number of halogens is 3. The fourth-order valence-electron chi connectivity index (χ4n) is 0.870. The van der Waals surface area contributed by atoms with Crippen LogP contribution in [0.15, 0.2) is 18.2 Å². The molecule has 13 heavy (non-hydrogen) atoms. The van der Waals surface area contributed by atoms with Crippen LogP contribution in [0.1, 0.15) is 5.56 Å². The maximum atomic E-state index is 12.8. The van der Waals surface area contributed by atoms with E-state index in [9.17, 15) is 8.78 Å². The van der Waals surface area contributed by atoms with Crippen LogP contribution in [0.3, 0.4) is 0 Å². The van der Waals surface area contributed by atoms with Crippen LogP contribution in [-0.4, -0.2) is 5.84 Å². The summed E-state index contributed by atoms with van der Waals surface area (Å²) in [6, 6.07) is 3.20. The lowest BCUT2D eigenvalue weighted by Crippen LogP contribution is -2.13. The van der Waals surface area contributed by atoms with E-state index in [0.717, 1.165) is 12.1 Å². The van der Waals surface area contributed by atoms with Gasteiger partial charge in [-0.25, -0.2) is 8.78 Å². The smallest absolute Gasteiger partial charge is 0.129 e. The van der Waals surface area contributed by atoms with Gasteiger partial charge in [-0.15, -0.1) is 12.4 Å². The van der Waals surface area contributed by atoms with Crippen LogP contribution in [-0.2, 0) is 6.42 Å². The molecule has 0 radical (unpaired) electrons. The third-order valence-corrected chi connectivity index (χ3v) is 1.40. The molecule has 72 valence electrons. The van der Waals surface area contributed by atoms with Crippen molar-refractivity contribution >= 4 is 18.2 Å². The van der Waals surface area contributed by atoms with Crippen LogP contribution in [0.4, 0.5) is 8.78 Å². The third kappa shape index (κ3) is 3.38. The molecular weight excluding hydrogens is 198 g/mol. The highest BCUT2D eigenvalue weighted by atomic mass is 35.5. The first kappa shape index (κ1) is 11.8. The summed E-state index contributed by atoms with van der Waals surface area (Å²) >= 11 is 0. The summed E-state index contributed by atoms with van der Waals surface area (Å²) < 4.78 is 25.2. The van der Waals surface area contributed by atoms with Gasteiger partial charge in [-0.1, -0.05) is 6.07 Å². The van der Waals surface area contributed by atoms with E-state index in [0.29, 0.717) is 0 Å². The van der Waals surface area contributed by atoms with Crippen LogP contribution in [0.5, 0.6) is 0 Å². The molecular formula is C8H9ClF2N2. The van der Waals surface area contributed by atoms with Crippen LogP contribution >= 0.6 is 12.4 Å². The minimum absolute atomic E-state index is 0. The van der Waals surface area contributed by atoms with E-state index in [4.69, 9.17) is 11.1 Å². The van der Waals surface area contributed by atoms with Gasteiger partial charge >= 0.3 is 0 Å². The number of nitrogens with two attached hydrogens (primary N) is 1. The maximum Gasteiger partial charge on any atom is 0.129 e. The highest BCUT2D eigenvalue weighted by Gasteiger charge is 2.03. The summed E-state index contributed by atoms with van der Waals surface area (Å²) in [6.07, 6.45) is 0.0200. The van der Waals surface area contributed by atoms with E-state index in [-0.39, 0.29) is 30.2 Å². The molecule has 0 heterocycles. The molecule has 1 aromatic carbocycles. The summed E-state index contributed by atoms with van der Waals surface area (Å²) in [5.74, 6) is -1.43. The second kappa shape index (κ2) is 4.77. The molecule has 0 saturated heterocycles. The van der Waals surface area contributed by atoms with E-state index in [2.05, 4.69) is 0 Å². The van der Waals surface area contributed by atoms with Crippen LogP contribution in [0, 0.1) is 17.0 Å². The van der Waals surface area contributed by atoms with Gasteiger partial charge in [0.1, 0.15) is 11.6 Å². The topological polar surface area (TPSA) is 49.9 Å². The molecule has 0 aliphatic rings. The average Bonchev–Trinajstić information content (AvgIpc) is 1.94. The molecule has 0 saturated carbocycles. The predicted molar refractivity (Wildman–Crippen MR) is 49.2 cm³/mol. The van der Waals surface area contributed by atoms with E-state index in [1.807, 2.05) is 0 Å². The Morgan fingerprint density at radius 1 is 1.38 bits per heavy atom. The summed E-state index contributed by atoms with van der Waals surface area (Å²) in [5, 5.41) is 6.90. The lowest BCUT2D eigenvalue weighted by atomic mass is 10.1. The number of hydrogen-bond donors (Lipinski definition) is 2. The van der Waals surface area contributed by atoms with Gasteiger partial charge in [-0.3, -0.25) is 5.41 Å². The van der Waals surface area contributed by atoms with Crippen molar-refractivity contribution in [1.29, 1.82) is 5.41 Å². The molecule has 2 nitrogen and oxygen atoms in total. The molecule has 0 aliphatic carbocycles. The molecule has 3 N–H and O–H groups in total. The van der Waals surface area contributed by atoms with Crippen LogP contribution in [0.2, 0.25) is 0 Å². The van der Waals surface area contributed by atoms with Gasteiger partial charge in [-0.2, -0.15) is 0 Å². The van der Waals surface area contributed by atoms with Crippen LogP contribution < -0.4 is 5.73 Å². The molecule has 0 amide bonds. The Morgan fingerprint density at radius 2 is 2.00 bits per heavy atom. The number of benzene rings is 1. The third-order valence-electron chi connectivity index (χ3n) is 1.40. The molecule has 5 heteroatoms. The zero-order chi connectivity index (χ0) is 9.14. The monoisotopic (exact) mass is 206 g/mol. The van der Waals surface area contributed by atoms with Crippen molar-refractivity contribution in [2.24, 2.45) is 5.73 Å². The second-order valence-corrected chi connectivity index (χ2v) is 2.44. The predicted octanol–water partition coefficient (Wildman–Crippen LogP) is 1.87. The number of rotatable bonds is 2. The van der Waals surface area contributed by atoms with Crippen molar-refractivity contribution in [1.82, 2.24) is 0 Å². The molecule has 0 fully saturated rings. The number of amidine groups is 1. The van der Waals surface area contributed by atoms with Gasteiger partial charge in [0.25, 0.3) is 0 Å². The Bertz CT molecular complexity index is 315. The molecule has 1 aromatic rings. The quantitative estimate of drug-likeness (QED) is 0.563. The first-order chi connectivity index (χ1) is 5.59. The first-order valence-corrected chi connectivity index (χ1v) is 3.36. The molecule has 1 rings (SSSR count). The molecule has 0 spiro atoms. The summed E-state index contributed by atoms with van der Waals surface area (Å²) in [4.78, 5) is 0. The Labute approximate surface area is 80.7 Å². The molecule has 0 unspecified atom stereocenters. The first-order valence-electron chi connectivity index (χ1n) is 3.36. The SMILES string of the molecule is Cl.N=C(N)Cc1ccc(F)cc1F. The minimum atomic E-state index is -0.662. The lowest BCUT2D eigenvalue weighted by Gasteiger charge is -2.00. The van der Waals surface area contributed by atoms with Gasteiger partial charge in [0, 0.05) is 12.5 Å². The Hall–Kier alpha value is -1.16. The minimum Gasteiger partial charge on any atom is -0.387 e. The van der Waals surface area contributed by atoms with Crippen molar-refractivity contribution in [2.45, 2.75) is 6.42 Å². The average molecular weight is 207 g/mol. The Morgan fingerprint density at radius 3 is 2.46 bits per heavy atom. The van der Waals surface area contributed by atoms with Gasteiger partial charge in [0.15, 0.2) is 0 Å². The van der Waals surface area contributed by atoms with Crippen molar-refractivity contribution in [3.05, 3.63) is 35.4 Å². The maximum absolute atomic E-state index is 12.8. The van der Waals surface area contributed by atoms with Gasteiger partial charge in [0.05, 0.1) is 5.84 Å². The van der Waals surface area contributed by atoms with Gasteiger partial charge in [0.2, 0.25) is 0 Å². The fourth-order valence-corrected chi connectivity index (χ4v) is 0.870. The zero-order valence-corrected chi connectivity index (χ0v) is 7.50. The van der Waals surface area contributed by atoms with Gasteiger partial charge < -0.3 is 5.73 Å². The highest BCUT2D eigenvalue weighted by molar-refractivity contribution is 5.85. The van der Waals surface area contributed by atoms with Crippen molar-refractivity contribution < 1.29 is 8.78 Å². The standard InChI is InChI=1S/C8H8F2N2.ClH/c9-6-2-1-5(3-8(11)12)7(10)4-6;/h1-2,4H,3H2,(H3,11,12);1H. The van der Waals surface area contributed by atoms with E-state index >= 15 is 0 Å². The van der Waals surface area contributed by atoms with E-state index < -0.39 is 11.6 Å².